The Morgan fingerprint density at radius 3 is 2.23 bits per heavy atom. The second-order valence-corrected chi connectivity index (χ2v) is 9.38. The van der Waals surface area contributed by atoms with Gasteiger partial charge in [0.05, 0.1) is 17.7 Å². The standard InChI is InChI=1S/C16H29NO4S/c1-11(2)9-15(18)14-7-6-8-17(14)16(19)13(12(3)4)10-22(5,20)21/h11-14H,6-10H2,1-5H3. The summed E-state index contributed by atoms with van der Waals surface area (Å²) in [7, 11) is -3.23. The molecule has 1 aliphatic rings. The Labute approximate surface area is 134 Å². The lowest BCUT2D eigenvalue weighted by molar-refractivity contribution is -0.141. The highest BCUT2D eigenvalue weighted by Gasteiger charge is 2.38. The van der Waals surface area contributed by atoms with Crippen LogP contribution in [0.1, 0.15) is 47.0 Å². The highest BCUT2D eigenvalue weighted by Crippen LogP contribution is 2.26. The molecule has 0 aromatic carbocycles. The molecule has 1 fully saturated rings. The number of likely N-dealkylation sites (tertiary alicyclic amines) is 1. The fourth-order valence-electron chi connectivity index (χ4n) is 2.99. The smallest absolute Gasteiger partial charge is 0.227 e. The van der Waals surface area contributed by atoms with Gasteiger partial charge in [-0.05, 0) is 24.7 Å². The van der Waals surface area contributed by atoms with Crippen LogP contribution in [0.2, 0.25) is 0 Å². The lowest BCUT2D eigenvalue weighted by Gasteiger charge is -2.30. The van der Waals surface area contributed by atoms with Crippen molar-refractivity contribution in [3.63, 3.8) is 0 Å². The maximum atomic E-state index is 12.8. The molecule has 1 aliphatic heterocycles. The second kappa shape index (κ2) is 7.57. The molecule has 1 saturated heterocycles. The molecule has 0 aliphatic carbocycles. The van der Waals surface area contributed by atoms with Crippen molar-refractivity contribution in [2.24, 2.45) is 17.8 Å². The van der Waals surface area contributed by atoms with E-state index in [1.807, 2.05) is 27.7 Å². The van der Waals surface area contributed by atoms with Crippen molar-refractivity contribution in [1.29, 1.82) is 0 Å². The van der Waals surface area contributed by atoms with Crippen molar-refractivity contribution in [2.75, 3.05) is 18.6 Å². The van der Waals surface area contributed by atoms with E-state index in [0.29, 0.717) is 19.4 Å². The molecule has 0 bridgehead atoms. The average molecular weight is 331 g/mol. The summed E-state index contributed by atoms with van der Waals surface area (Å²) in [6.45, 7) is 8.24. The molecule has 0 spiro atoms. The highest BCUT2D eigenvalue weighted by atomic mass is 32.2. The molecule has 0 saturated carbocycles. The molecule has 0 radical (unpaired) electrons. The second-order valence-electron chi connectivity index (χ2n) is 7.20. The summed E-state index contributed by atoms with van der Waals surface area (Å²) in [5, 5.41) is 0. The van der Waals surface area contributed by atoms with Gasteiger partial charge in [0, 0.05) is 19.2 Å². The van der Waals surface area contributed by atoms with Crippen molar-refractivity contribution >= 4 is 21.5 Å². The van der Waals surface area contributed by atoms with Crippen molar-refractivity contribution in [1.82, 2.24) is 4.90 Å². The van der Waals surface area contributed by atoms with E-state index >= 15 is 0 Å². The molecular weight excluding hydrogens is 302 g/mol. The van der Waals surface area contributed by atoms with Crippen molar-refractivity contribution < 1.29 is 18.0 Å². The third-order valence-electron chi connectivity index (χ3n) is 4.12. The molecule has 1 amide bonds. The fraction of sp³-hybridized carbons (Fsp3) is 0.875. The Bertz CT molecular complexity index is 510. The molecule has 1 rings (SSSR count). The molecule has 1 heterocycles. The Kier molecular flexibility index (Phi) is 6.59. The highest BCUT2D eigenvalue weighted by molar-refractivity contribution is 7.90. The number of carbonyl (C=O) groups excluding carboxylic acids is 2. The number of hydrogen-bond donors (Lipinski definition) is 0. The predicted octanol–water partition coefficient (Wildman–Crippen LogP) is 1.91. The van der Waals surface area contributed by atoms with Crippen LogP contribution in [-0.4, -0.2) is 49.6 Å². The van der Waals surface area contributed by atoms with Gasteiger partial charge >= 0.3 is 0 Å². The first-order valence-electron chi connectivity index (χ1n) is 8.03. The SMILES string of the molecule is CC(C)CC(=O)C1CCCN1C(=O)C(CS(C)(=O)=O)C(C)C. The van der Waals surface area contributed by atoms with E-state index in [4.69, 9.17) is 0 Å². The molecule has 0 N–H and O–H groups in total. The molecule has 22 heavy (non-hydrogen) atoms. The Morgan fingerprint density at radius 2 is 1.77 bits per heavy atom. The molecule has 0 aromatic rings. The first-order chi connectivity index (χ1) is 10.0. The number of Topliss-reactive ketones (excluding diaryl/α,β-unsaturated/α-hetero) is 1. The molecule has 2 unspecified atom stereocenters. The lowest BCUT2D eigenvalue weighted by atomic mass is 9.94. The van der Waals surface area contributed by atoms with Gasteiger partial charge in [-0.3, -0.25) is 9.59 Å². The summed E-state index contributed by atoms with van der Waals surface area (Å²) >= 11 is 0. The van der Waals surface area contributed by atoms with Gasteiger partial charge in [0.2, 0.25) is 5.91 Å². The van der Waals surface area contributed by atoms with Crippen LogP contribution in [-0.2, 0) is 19.4 Å². The van der Waals surface area contributed by atoms with E-state index in [2.05, 4.69) is 0 Å². The van der Waals surface area contributed by atoms with E-state index in [9.17, 15) is 18.0 Å². The minimum absolute atomic E-state index is 0.0660. The monoisotopic (exact) mass is 331 g/mol. The minimum Gasteiger partial charge on any atom is -0.332 e. The Balaban J connectivity index is 2.90. The first kappa shape index (κ1) is 19.1. The van der Waals surface area contributed by atoms with Gasteiger partial charge in [-0.15, -0.1) is 0 Å². The minimum atomic E-state index is -3.23. The zero-order valence-corrected chi connectivity index (χ0v) is 15.1. The summed E-state index contributed by atoms with van der Waals surface area (Å²) < 4.78 is 23.2. The normalized spacial score (nSPS) is 20.7. The molecule has 2 atom stereocenters. The maximum absolute atomic E-state index is 12.8. The molecular formula is C16H29NO4S. The summed E-state index contributed by atoms with van der Waals surface area (Å²) in [4.78, 5) is 26.7. The summed E-state index contributed by atoms with van der Waals surface area (Å²) in [6, 6.07) is -0.365. The molecule has 0 aromatic heterocycles. The summed E-state index contributed by atoms with van der Waals surface area (Å²) in [5.41, 5.74) is 0. The van der Waals surface area contributed by atoms with Crippen LogP contribution in [0.5, 0.6) is 0 Å². The largest absolute Gasteiger partial charge is 0.332 e. The number of rotatable bonds is 7. The van der Waals surface area contributed by atoms with Gasteiger partial charge < -0.3 is 4.90 Å². The van der Waals surface area contributed by atoms with Gasteiger partial charge in [0.15, 0.2) is 5.78 Å². The van der Waals surface area contributed by atoms with Gasteiger partial charge in [-0.25, -0.2) is 8.42 Å². The van der Waals surface area contributed by atoms with Crippen LogP contribution >= 0.6 is 0 Å². The molecule has 5 nitrogen and oxygen atoms in total. The van der Waals surface area contributed by atoms with Crippen LogP contribution in [0.3, 0.4) is 0 Å². The van der Waals surface area contributed by atoms with E-state index in [1.165, 1.54) is 0 Å². The molecule has 128 valence electrons. The van der Waals surface area contributed by atoms with Crippen LogP contribution < -0.4 is 0 Å². The Hall–Kier alpha value is -0.910. The Morgan fingerprint density at radius 1 is 1.18 bits per heavy atom. The first-order valence-corrected chi connectivity index (χ1v) is 10.1. The zero-order valence-electron chi connectivity index (χ0n) is 14.3. The van der Waals surface area contributed by atoms with E-state index in [-0.39, 0.29) is 35.3 Å². The van der Waals surface area contributed by atoms with Crippen molar-refractivity contribution in [3.8, 4) is 0 Å². The lowest BCUT2D eigenvalue weighted by Crippen LogP contribution is -2.46. The van der Waals surface area contributed by atoms with Crippen LogP contribution in [0.15, 0.2) is 0 Å². The number of sulfone groups is 1. The van der Waals surface area contributed by atoms with E-state index in [1.54, 1.807) is 4.90 Å². The third-order valence-corrected chi connectivity index (χ3v) is 5.09. The third kappa shape index (κ3) is 5.38. The zero-order chi connectivity index (χ0) is 17.1. The number of amides is 1. The van der Waals surface area contributed by atoms with E-state index in [0.717, 1.165) is 12.7 Å². The van der Waals surface area contributed by atoms with Gasteiger partial charge in [-0.2, -0.15) is 0 Å². The van der Waals surface area contributed by atoms with Gasteiger partial charge in [0.25, 0.3) is 0 Å². The van der Waals surface area contributed by atoms with Crippen LogP contribution in [0.25, 0.3) is 0 Å². The van der Waals surface area contributed by atoms with Crippen molar-refractivity contribution in [2.45, 2.75) is 53.0 Å². The summed E-state index contributed by atoms with van der Waals surface area (Å²) in [6.07, 6.45) is 3.12. The predicted molar refractivity (Wildman–Crippen MR) is 87.2 cm³/mol. The number of hydrogen-bond acceptors (Lipinski definition) is 4. The average Bonchev–Trinajstić information content (AvgIpc) is 2.82. The quantitative estimate of drug-likeness (QED) is 0.714. The number of carbonyl (C=O) groups is 2. The van der Waals surface area contributed by atoms with Crippen LogP contribution in [0, 0.1) is 17.8 Å². The van der Waals surface area contributed by atoms with Crippen LogP contribution in [0.4, 0.5) is 0 Å². The maximum Gasteiger partial charge on any atom is 0.227 e. The topological polar surface area (TPSA) is 71.5 Å². The van der Waals surface area contributed by atoms with Gasteiger partial charge in [-0.1, -0.05) is 27.7 Å². The molecule has 6 heteroatoms. The fourth-order valence-corrected chi connectivity index (χ4v) is 4.17. The number of ketones is 1. The van der Waals surface area contributed by atoms with Crippen molar-refractivity contribution in [3.05, 3.63) is 0 Å². The van der Waals surface area contributed by atoms with Gasteiger partial charge in [0.1, 0.15) is 9.84 Å². The summed E-state index contributed by atoms with van der Waals surface area (Å²) in [5.74, 6) is -0.596. The van der Waals surface area contributed by atoms with E-state index < -0.39 is 15.8 Å². The number of nitrogens with zero attached hydrogens (tertiary/aromatic N) is 1.